The number of pyridine rings is 1. The molecule has 0 fully saturated rings. The van der Waals surface area contributed by atoms with Crippen molar-refractivity contribution in [1.29, 1.82) is 0 Å². The molecule has 1 aromatic heterocycles. The molecule has 2 aliphatic rings. The molecule has 0 radical (unpaired) electrons. The quantitative estimate of drug-likeness (QED) is 0.558. The molecule has 2 heterocycles. The Bertz CT molecular complexity index is 860. The molecular weight excluding hydrogens is 396 g/mol. The van der Waals surface area contributed by atoms with Gasteiger partial charge in [0.25, 0.3) is 11.8 Å². The van der Waals surface area contributed by atoms with Gasteiger partial charge in [-0.05, 0) is 71.9 Å². The zero-order chi connectivity index (χ0) is 18.1. The van der Waals surface area contributed by atoms with Gasteiger partial charge in [0.05, 0.1) is 5.69 Å². The lowest BCUT2D eigenvalue weighted by Gasteiger charge is -2.15. The maximum absolute atomic E-state index is 12.6. The number of amides is 2. The number of hydrogen-bond donors (Lipinski definition) is 0. The van der Waals surface area contributed by atoms with Crippen molar-refractivity contribution >= 4 is 33.4 Å². The van der Waals surface area contributed by atoms with Crippen molar-refractivity contribution < 1.29 is 14.3 Å². The van der Waals surface area contributed by atoms with Gasteiger partial charge in [0.1, 0.15) is 17.0 Å². The zero-order valence-electron chi connectivity index (χ0n) is 14.1. The number of hydrogen-bond acceptors (Lipinski definition) is 4. The molecule has 0 bridgehead atoms. The Labute approximate surface area is 159 Å². The molecule has 6 heteroatoms. The van der Waals surface area contributed by atoms with Gasteiger partial charge >= 0.3 is 0 Å². The molecule has 0 atom stereocenters. The molecule has 0 N–H and O–H groups in total. The van der Waals surface area contributed by atoms with Crippen molar-refractivity contribution in [2.75, 3.05) is 4.90 Å². The summed E-state index contributed by atoms with van der Waals surface area (Å²) < 4.78 is 6.52. The van der Waals surface area contributed by atoms with Gasteiger partial charge < -0.3 is 4.74 Å². The molecule has 2 amide bonds. The van der Waals surface area contributed by atoms with Gasteiger partial charge in [-0.1, -0.05) is 6.07 Å². The topological polar surface area (TPSA) is 59.5 Å². The molecule has 0 saturated carbocycles. The van der Waals surface area contributed by atoms with Crippen LogP contribution in [0.3, 0.4) is 0 Å². The summed E-state index contributed by atoms with van der Waals surface area (Å²) in [6.07, 6.45) is 5.11. The summed E-state index contributed by atoms with van der Waals surface area (Å²) in [5.41, 5.74) is 2.94. The fraction of sp³-hybridized carbons (Fsp3) is 0.250. The minimum absolute atomic E-state index is 0.167. The lowest BCUT2D eigenvalue weighted by Crippen LogP contribution is -2.31. The maximum Gasteiger partial charge on any atom is 0.261 e. The minimum Gasteiger partial charge on any atom is -0.489 e. The highest BCUT2D eigenvalue weighted by molar-refractivity contribution is 9.10. The molecule has 132 valence electrons. The summed E-state index contributed by atoms with van der Waals surface area (Å²) in [7, 11) is 0. The van der Waals surface area contributed by atoms with E-state index in [-0.39, 0.29) is 11.8 Å². The molecule has 2 aromatic rings. The van der Waals surface area contributed by atoms with Crippen LogP contribution in [0.5, 0.6) is 5.75 Å². The highest BCUT2D eigenvalue weighted by Gasteiger charge is 2.39. The second kappa shape index (κ2) is 7.03. The van der Waals surface area contributed by atoms with E-state index < -0.39 is 0 Å². The van der Waals surface area contributed by atoms with E-state index in [2.05, 4.69) is 20.9 Å². The maximum atomic E-state index is 12.6. The number of nitrogens with zero attached hydrogens (tertiary/aromatic N) is 2. The van der Waals surface area contributed by atoms with Crippen LogP contribution in [-0.2, 0) is 16.2 Å². The second-order valence-electron chi connectivity index (χ2n) is 6.38. The number of imide groups is 1. The number of benzene rings is 1. The molecule has 0 unspecified atom stereocenters. The third-order valence-corrected chi connectivity index (χ3v) is 5.15. The van der Waals surface area contributed by atoms with E-state index >= 15 is 0 Å². The van der Waals surface area contributed by atoms with Gasteiger partial charge in [0.15, 0.2) is 0 Å². The van der Waals surface area contributed by atoms with Crippen LogP contribution in [0.4, 0.5) is 5.69 Å². The van der Waals surface area contributed by atoms with Crippen LogP contribution in [0.15, 0.2) is 58.3 Å². The van der Waals surface area contributed by atoms with E-state index in [0.717, 1.165) is 23.0 Å². The van der Waals surface area contributed by atoms with Crippen LogP contribution in [-0.4, -0.2) is 16.8 Å². The summed E-state index contributed by atoms with van der Waals surface area (Å²) in [5.74, 6) is 0.340. The molecule has 5 nitrogen and oxygen atoms in total. The van der Waals surface area contributed by atoms with Crippen LogP contribution in [0.1, 0.15) is 31.2 Å². The van der Waals surface area contributed by atoms with Crippen molar-refractivity contribution in [3.8, 4) is 5.75 Å². The highest BCUT2D eigenvalue weighted by Crippen LogP contribution is 2.36. The lowest BCUT2D eigenvalue weighted by atomic mass is 9.93. The predicted octanol–water partition coefficient (Wildman–Crippen LogP) is 4.17. The number of anilines is 1. The first kappa shape index (κ1) is 17.0. The Morgan fingerprint density at radius 1 is 0.962 bits per heavy atom. The van der Waals surface area contributed by atoms with Crippen LogP contribution in [0.25, 0.3) is 0 Å². The van der Waals surface area contributed by atoms with E-state index in [1.165, 1.54) is 4.90 Å². The summed E-state index contributed by atoms with van der Waals surface area (Å²) >= 11 is 3.30. The molecule has 0 saturated heterocycles. The van der Waals surface area contributed by atoms with Gasteiger partial charge in [0, 0.05) is 22.9 Å². The van der Waals surface area contributed by atoms with E-state index in [1.807, 2.05) is 12.1 Å². The van der Waals surface area contributed by atoms with Gasteiger partial charge in [-0.2, -0.15) is 0 Å². The normalized spacial score (nSPS) is 16.9. The number of halogens is 1. The van der Waals surface area contributed by atoms with Gasteiger partial charge in [0.2, 0.25) is 0 Å². The Kier molecular flexibility index (Phi) is 4.59. The van der Waals surface area contributed by atoms with Crippen molar-refractivity contribution in [3.63, 3.8) is 0 Å². The molecule has 1 aromatic carbocycles. The first-order valence-corrected chi connectivity index (χ1v) is 9.37. The summed E-state index contributed by atoms with van der Waals surface area (Å²) in [6, 6.07) is 10.9. The van der Waals surface area contributed by atoms with Gasteiger partial charge in [-0.15, -0.1) is 0 Å². The van der Waals surface area contributed by atoms with Crippen molar-refractivity contribution in [2.24, 2.45) is 0 Å². The van der Waals surface area contributed by atoms with Crippen molar-refractivity contribution in [3.05, 3.63) is 63.9 Å². The Morgan fingerprint density at radius 3 is 2.19 bits per heavy atom. The fourth-order valence-electron chi connectivity index (χ4n) is 3.32. The first-order valence-electron chi connectivity index (χ1n) is 8.57. The Morgan fingerprint density at radius 2 is 1.62 bits per heavy atom. The summed E-state index contributed by atoms with van der Waals surface area (Å²) in [4.78, 5) is 30.6. The van der Waals surface area contributed by atoms with E-state index in [1.54, 1.807) is 30.5 Å². The zero-order valence-corrected chi connectivity index (χ0v) is 15.7. The molecular formula is C20H17BrN2O3. The molecule has 1 aliphatic carbocycles. The smallest absolute Gasteiger partial charge is 0.261 e. The fourth-order valence-corrected chi connectivity index (χ4v) is 3.56. The van der Waals surface area contributed by atoms with Gasteiger partial charge in [-0.3, -0.25) is 9.59 Å². The first-order chi connectivity index (χ1) is 12.6. The number of rotatable bonds is 4. The van der Waals surface area contributed by atoms with E-state index in [9.17, 15) is 9.59 Å². The molecule has 26 heavy (non-hydrogen) atoms. The molecule has 4 rings (SSSR count). The minimum atomic E-state index is -0.167. The number of ether oxygens (including phenoxy) is 1. The number of carbonyl (C=O) groups excluding carboxylic acids is 2. The lowest BCUT2D eigenvalue weighted by molar-refractivity contribution is -0.120. The Balaban J connectivity index is 1.45. The van der Waals surface area contributed by atoms with Crippen molar-refractivity contribution in [2.45, 2.75) is 32.3 Å². The Hall–Kier alpha value is -2.47. The van der Waals surface area contributed by atoms with Crippen LogP contribution in [0.2, 0.25) is 0 Å². The molecule has 0 spiro atoms. The largest absolute Gasteiger partial charge is 0.489 e. The van der Waals surface area contributed by atoms with Crippen LogP contribution in [0, 0.1) is 0 Å². The van der Waals surface area contributed by atoms with Crippen LogP contribution < -0.4 is 9.64 Å². The van der Waals surface area contributed by atoms with E-state index in [0.29, 0.717) is 42.0 Å². The SMILES string of the molecule is O=C1C2=C(CCCC2)C(=O)N1c1ccc(OCc2ccc(Br)nc2)cc1. The number of aromatic nitrogens is 1. The third-order valence-electron chi connectivity index (χ3n) is 4.68. The van der Waals surface area contributed by atoms with Crippen molar-refractivity contribution in [1.82, 2.24) is 4.98 Å². The monoisotopic (exact) mass is 412 g/mol. The average molecular weight is 413 g/mol. The van der Waals surface area contributed by atoms with Gasteiger partial charge in [-0.25, -0.2) is 9.88 Å². The summed E-state index contributed by atoms with van der Waals surface area (Å²) in [5, 5.41) is 0. The highest BCUT2D eigenvalue weighted by atomic mass is 79.9. The standard InChI is InChI=1S/C20H17BrN2O3/c21-18-10-5-13(11-22-18)12-26-15-8-6-14(7-9-15)23-19(24)16-3-1-2-4-17(16)20(23)25/h5-11H,1-4,12H2. The van der Waals surface area contributed by atoms with Crippen LogP contribution >= 0.6 is 15.9 Å². The second-order valence-corrected chi connectivity index (χ2v) is 7.19. The molecule has 1 aliphatic heterocycles. The number of carbonyl (C=O) groups is 2. The van der Waals surface area contributed by atoms with E-state index in [4.69, 9.17) is 4.74 Å². The third kappa shape index (κ3) is 3.17. The predicted molar refractivity (Wildman–Crippen MR) is 101 cm³/mol. The summed E-state index contributed by atoms with van der Waals surface area (Å²) in [6.45, 7) is 0.400. The average Bonchev–Trinajstić information content (AvgIpc) is 2.93.